The Bertz CT molecular complexity index is 394. The van der Waals surface area contributed by atoms with Gasteiger partial charge in [0.15, 0.2) is 0 Å². The first-order valence-electron chi connectivity index (χ1n) is 6.27. The molecule has 21 heavy (non-hydrogen) atoms. The number of halogens is 3. The van der Waals surface area contributed by atoms with Crippen molar-refractivity contribution in [2.24, 2.45) is 5.41 Å². The molecule has 122 valence electrons. The lowest BCUT2D eigenvalue weighted by molar-refractivity contribution is -0.140. The number of carbonyl (C=O) groups excluding carboxylic acids is 2. The maximum atomic E-state index is 11.8. The Hall–Kier alpha value is -1.80. The average molecular weight is 312 g/mol. The minimum absolute atomic E-state index is 0.185. The Kier molecular flexibility index (Phi) is 7.17. The lowest BCUT2D eigenvalue weighted by Gasteiger charge is -2.21. The summed E-state index contributed by atoms with van der Waals surface area (Å²) in [7, 11) is 0. The molecule has 3 amide bonds. The van der Waals surface area contributed by atoms with Crippen molar-refractivity contribution in [2.75, 3.05) is 6.54 Å². The molecule has 0 spiro atoms. The van der Waals surface area contributed by atoms with Crippen LogP contribution in [0.4, 0.5) is 18.0 Å². The smallest absolute Gasteiger partial charge is 0.389 e. The fourth-order valence-corrected chi connectivity index (χ4v) is 1.61. The molecule has 0 bridgehead atoms. The van der Waals surface area contributed by atoms with Crippen LogP contribution in [0.3, 0.4) is 0 Å². The Morgan fingerprint density at radius 2 is 1.67 bits per heavy atom. The second-order valence-corrected chi connectivity index (χ2v) is 5.43. The van der Waals surface area contributed by atoms with Crippen molar-refractivity contribution in [3.05, 3.63) is 0 Å². The number of carboxylic acids is 1. The minimum Gasteiger partial charge on any atom is -0.481 e. The van der Waals surface area contributed by atoms with E-state index in [1.54, 1.807) is 13.8 Å². The van der Waals surface area contributed by atoms with E-state index in [1.807, 2.05) is 5.32 Å². The first-order valence-corrected chi connectivity index (χ1v) is 6.27. The molecular formula is C12H19F3N2O4. The number of alkyl halides is 3. The van der Waals surface area contributed by atoms with Crippen molar-refractivity contribution < 1.29 is 32.7 Å². The highest BCUT2D eigenvalue weighted by Crippen LogP contribution is 2.24. The van der Waals surface area contributed by atoms with Crippen molar-refractivity contribution in [3.8, 4) is 0 Å². The maximum Gasteiger partial charge on any atom is 0.389 e. The summed E-state index contributed by atoms with van der Waals surface area (Å²) in [6.07, 6.45) is -6.01. The van der Waals surface area contributed by atoms with E-state index in [4.69, 9.17) is 5.11 Å². The van der Waals surface area contributed by atoms with Gasteiger partial charge in [-0.2, -0.15) is 13.2 Å². The van der Waals surface area contributed by atoms with E-state index in [9.17, 15) is 27.6 Å². The third-order valence-corrected chi connectivity index (χ3v) is 2.44. The number of rotatable bonds is 7. The molecule has 0 unspecified atom stereocenters. The molecule has 9 heteroatoms. The van der Waals surface area contributed by atoms with Gasteiger partial charge in [-0.3, -0.25) is 14.9 Å². The second-order valence-electron chi connectivity index (χ2n) is 5.43. The summed E-state index contributed by atoms with van der Waals surface area (Å²) in [5.41, 5.74) is -0.827. The SMILES string of the molecule is CC(C)(CC(=O)O)CC(=O)NC(=O)NCCCC(F)(F)F. The molecule has 6 nitrogen and oxygen atoms in total. The summed E-state index contributed by atoms with van der Waals surface area (Å²) >= 11 is 0. The third-order valence-electron chi connectivity index (χ3n) is 2.44. The summed E-state index contributed by atoms with van der Waals surface area (Å²) in [6, 6.07) is -0.895. The second kappa shape index (κ2) is 7.84. The Balaban J connectivity index is 4.00. The van der Waals surface area contributed by atoms with Gasteiger partial charge in [-0.15, -0.1) is 0 Å². The molecular weight excluding hydrogens is 293 g/mol. The number of carboxylic acid groups (broad SMARTS) is 1. The van der Waals surface area contributed by atoms with E-state index in [-0.39, 0.29) is 25.8 Å². The molecule has 0 saturated carbocycles. The number of hydrogen-bond acceptors (Lipinski definition) is 3. The third kappa shape index (κ3) is 11.7. The first kappa shape index (κ1) is 19.2. The molecule has 0 rings (SSSR count). The summed E-state index contributed by atoms with van der Waals surface area (Å²) in [6.45, 7) is 2.90. The highest BCUT2D eigenvalue weighted by Gasteiger charge is 2.27. The van der Waals surface area contributed by atoms with Gasteiger partial charge in [0.1, 0.15) is 0 Å². The molecule has 0 heterocycles. The zero-order valence-electron chi connectivity index (χ0n) is 11.8. The minimum atomic E-state index is -4.28. The summed E-state index contributed by atoms with van der Waals surface area (Å²) in [4.78, 5) is 33.3. The van der Waals surface area contributed by atoms with E-state index >= 15 is 0 Å². The van der Waals surface area contributed by atoms with E-state index in [0.717, 1.165) is 0 Å². The topological polar surface area (TPSA) is 95.5 Å². The van der Waals surface area contributed by atoms with Crippen LogP contribution >= 0.6 is 0 Å². The van der Waals surface area contributed by atoms with Gasteiger partial charge < -0.3 is 10.4 Å². The number of aliphatic carboxylic acids is 1. The van der Waals surface area contributed by atoms with Crippen LogP contribution in [0, 0.1) is 5.41 Å². The van der Waals surface area contributed by atoms with Crippen molar-refractivity contribution >= 4 is 17.9 Å². The van der Waals surface area contributed by atoms with Crippen LogP contribution in [-0.4, -0.2) is 35.7 Å². The predicted molar refractivity (Wildman–Crippen MR) is 67.5 cm³/mol. The van der Waals surface area contributed by atoms with Crippen molar-refractivity contribution in [3.63, 3.8) is 0 Å². The molecule has 0 aliphatic heterocycles. The van der Waals surface area contributed by atoms with Gasteiger partial charge in [-0.05, 0) is 11.8 Å². The largest absolute Gasteiger partial charge is 0.481 e. The quantitative estimate of drug-likeness (QED) is 0.627. The van der Waals surface area contributed by atoms with Crippen LogP contribution in [-0.2, 0) is 9.59 Å². The Morgan fingerprint density at radius 3 is 2.14 bits per heavy atom. The molecule has 0 aromatic heterocycles. The molecule has 0 aromatic carbocycles. The van der Waals surface area contributed by atoms with Gasteiger partial charge in [0.25, 0.3) is 0 Å². The van der Waals surface area contributed by atoms with Crippen LogP contribution in [0.1, 0.15) is 39.5 Å². The first-order chi connectivity index (χ1) is 9.41. The van der Waals surface area contributed by atoms with Crippen molar-refractivity contribution in [1.29, 1.82) is 0 Å². The van der Waals surface area contributed by atoms with Crippen LogP contribution in [0.15, 0.2) is 0 Å². The number of hydrogen-bond donors (Lipinski definition) is 3. The van der Waals surface area contributed by atoms with Crippen LogP contribution in [0.5, 0.6) is 0 Å². The Labute approximate surface area is 120 Å². The average Bonchev–Trinajstić information content (AvgIpc) is 2.19. The zero-order valence-corrected chi connectivity index (χ0v) is 11.8. The van der Waals surface area contributed by atoms with Crippen LogP contribution in [0.25, 0.3) is 0 Å². The monoisotopic (exact) mass is 312 g/mol. The fraction of sp³-hybridized carbons (Fsp3) is 0.750. The summed E-state index contributed by atoms with van der Waals surface area (Å²) in [5, 5.41) is 12.7. The van der Waals surface area contributed by atoms with Gasteiger partial charge in [0.2, 0.25) is 5.91 Å². The number of nitrogens with one attached hydrogen (secondary N) is 2. The fourth-order valence-electron chi connectivity index (χ4n) is 1.61. The van der Waals surface area contributed by atoms with Gasteiger partial charge in [-0.1, -0.05) is 13.8 Å². The molecule has 3 N–H and O–H groups in total. The molecule has 0 saturated heterocycles. The van der Waals surface area contributed by atoms with E-state index in [1.165, 1.54) is 0 Å². The molecule has 0 radical (unpaired) electrons. The Morgan fingerprint density at radius 1 is 1.10 bits per heavy atom. The summed E-state index contributed by atoms with van der Waals surface area (Å²) < 4.78 is 35.5. The highest BCUT2D eigenvalue weighted by atomic mass is 19.4. The summed E-state index contributed by atoms with van der Waals surface area (Å²) in [5.74, 6) is -1.75. The zero-order chi connectivity index (χ0) is 16.7. The predicted octanol–water partition coefficient (Wildman–Crippen LogP) is 2.05. The number of carbonyl (C=O) groups is 3. The number of urea groups is 1. The van der Waals surface area contributed by atoms with Gasteiger partial charge in [-0.25, -0.2) is 4.79 Å². The molecule has 0 atom stereocenters. The van der Waals surface area contributed by atoms with Crippen LogP contribution in [0.2, 0.25) is 0 Å². The number of imide groups is 1. The normalized spacial score (nSPS) is 11.9. The van der Waals surface area contributed by atoms with Crippen molar-refractivity contribution in [2.45, 2.75) is 45.7 Å². The lowest BCUT2D eigenvalue weighted by Crippen LogP contribution is -2.41. The van der Waals surface area contributed by atoms with E-state index < -0.39 is 35.9 Å². The molecule has 0 aromatic rings. The van der Waals surface area contributed by atoms with E-state index in [2.05, 4.69) is 5.32 Å². The standard InChI is InChI=1S/C12H19F3N2O4/c1-11(2,7-9(19)20)6-8(18)17-10(21)16-5-3-4-12(13,14)15/h3-7H2,1-2H3,(H,19,20)(H2,16,17,18,21). The van der Waals surface area contributed by atoms with Gasteiger partial charge >= 0.3 is 18.2 Å². The molecule has 0 aliphatic rings. The molecule has 0 aliphatic carbocycles. The van der Waals surface area contributed by atoms with Crippen LogP contribution < -0.4 is 10.6 Å². The maximum absolute atomic E-state index is 11.8. The van der Waals surface area contributed by atoms with Gasteiger partial charge in [0, 0.05) is 19.4 Å². The highest BCUT2D eigenvalue weighted by molar-refractivity contribution is 5.94. The van der Waals surface area contributed by atoms with E-state index in [0.29, 0.717) is 0 Å². The number of amides is 3. The molecule has 0 fully saturated rings. The van der Waals surface area contributed by atoms with Crippen molar-refractivity contribution in [1.82, 2.24) is 10.6 Å². The van der Waals surface area contributed by atoms with Gasteiger partial charge in [0.05, 0.1) is 6.42 Å². The lowest BCUT2D eigenvalue weighted by atomic mass is 9.85.